The quantitative estimate of drug-likeness (QED) is 0.848. The van der Waals surface area contributed by atoms with Crippen LogP contribution in [0, 0.1) is 17.8 Å². The summed E-state index contributed by atoms with van der Waals surface area (Å²) in [6.45, 7) is 3.59. The Labute approximate surface area is 155 Å². The molecule has 2 N–H and O–H groups in total. The van der Waals surface area contributed by atoms with Crippen LogP contribution in [0.3, 0.4) is 0 Å². The number of hydrogen-bond acceptors (Lipinski definition) is 4. The summed E-state index contributed by atoms with van der Waals surface area (Å²) in [7, 11) is 1.61. The average molecular weight is 359 g/mol. The number of nitrogens with one attached hydrogen (secondary N) is 1. The molecule has 1 aromatic carbocycles. The van der Waals surface area contributed by atoms with Crippen LogP contribution in [0.1, 0.15) is 46.0 Å². The molecule has 0 heterocycles. The number of hydrogen-bond donors (Lipinski definition) is 2. The Morgan fingerprint density at radius 2 is 1.85 bits per heavy atom. The van der Waals surface area contributed by atoms with Crippen molar-refractivity contribution < 1.29 is 19.4 Å². The normalized spacial score (nSPS) is 35.2. The number of aliphatic hydroxyl groups is 1. The first-order valence-corrected chi connectivity index (χ1v) is 9.64. The van der Waals surface area contributed by atoms with Crippen molar-refractivity contribution in [1.29, 1.82) is 0 Å². The second-order valence-corrected chi connectivity index (χ2v) is 8.98. The van der Waals surface area contributed by atoms with Gasteiger partial charge < -0.3 is 19.9 Å². The standard InChI is InChI=1S/C21H29NO4/c1-20(2,26-17-6-4-5-16(9-17)25-3)19(23)22-18-14-7-13-8-15(18)12-21(24,10-13)11-14/h4-6,9,13-15,18,24H,7-8,10-12H2,1-3H3,(H,22,23)/t13?,14-,15+,18?,21?. The molecule has 142 valence electrons. The van der Waals surface area contributed by atoms with E-state index in [0.717, 1.165) is 32.1 Å². The summed E-state index contributed by atoms with van der Waals surface area (Å²) in [5.41, 5.74) is -1.46. The molecule has 5 atom stereocenters. The summed E-state index contributed by atoms with van der Waals surface area (Å²) < 4.78 is 11.2. The molecule has 1 amide bonds. The smallest absolute Gasteiger partial charge is 0.263 e. The van der Waals surface area contributed by atoms with Crippen LogP contribution in [0.25, 0.3) is 0 Å². The van der Waals surface area contributed by atoms with Crippen molar-refractivity contribution in [1.82, 2.24) is 5.32 Å². The maximum absolute atomic E-state index is 13.0. The van der Waals surface area contributed by atoms with Crippen molar-refractivity contribution in [3.8, 4) is 11.5 Å². The highest BCUT2D eigenvalue weighted by molar-refractivity contribution is 5.85. The lowest BCUT2D eigenvalue weighted by atomic mass is 9.52. The van der Waals surface area contributed by atoms with Gasteiger partial charge in [-0.15, -0.1) is 0 Å². The van der Waals surface area contributed by atoms with E-state index in [4.69, 9.17) is 9.47 Å². The van der Waals surface area contributed by atoms with E-state index >= 15 is 0 Å². The minimum absolute atomic E-state index is 0.0928. The first kappa shape index (κ1) is 17.7. The predicted octanol–water partition coefficient (Wildman–Crippen LogP) is 2.91. The van der Waals surface area contributed by atoms with Crippen LogP contribution in [0.4, 0.5) is 0 Å². The highest BCUT2D eigenvalue weighted by Gasteiger charge is 2.55. The zero-order valence-electron chi connectivity index (χ0n) is 15.8. The molecule has 0 spiro atoms. The fourth-order valence-electron chi connectivity index (χ4n) is 5.55. The van der Waals surface area contributed by atoms with Gasteiger partial charge in [0.15, 0.2) is 5.60 Å². The molecule has 0 aromatic heterocycles. The minimum Gasteiger partial charge on any atom is -0.497 e. The van der Waals surface area contributed by atoms with Crippen LogP contribution in [0.15, 0.2) is 24.3 Å². The van der Waals surface area contributed by atoms with Gasteiger partial charge in [0.2, 0.25) is 0 Å². The molecule has 3 unspecified atom stereocenters. The molecule has 4 aliphatic rings. The Kier molecular flexibility index (Phi) is 4.18. The molecule has 4 bridgehead atoms. The Balaban J connectivity index is 1.44. The zero-order chi connectivity index (χ0) is 18.5. The van der Waals surface area contributed by atoms with Crippen LogP contribution in [0.2, 0.25) is 0 Å². The number of carbonyl (C=O) groups is 1. The number of rotatable bonds is 5. The maximum Gasteiger partial charge on any atom is 0.263 e. The number of carbonyl (C=O) groups excluding carboxylic acids is 1. The van der Waals surface area contributed by atoms with E-state index in [0.29, 0.717) is 29.3 Å². The molecule has 0 aliphatic heterocycles. The number of benzene rings is 1. The summed E-state index contributed by atoms with van der Waals surface area (Å²) in [5.74, 6) is 2.64. The van der Waals surface area contributed by atoms with Crippen molar-refractivity contribution in [2.24, 2.45) is 17.8 Å². The number of ether oxygens (including phenoxy) is 2. The van der Waals surface area contributed by atoms with Gasteiger partial charge in [0, 0.05) is 12.1 Å². The van der Waals surface area contributed by atoms with Crippen LogP contribution >= 0.6 is 0 Å². The monoisotopic (exact) mass is 359 g/mol. The number of methoxy groups -OCH3 is 1. The minimum atomic E-state index is -0.974. The number of amides is 1. The van der Waals surface area contributed by atoms with Gasteiger partial charge in [0.25, 0.3) is 5.91 Å². The molecule has 5 rings (SSSR count). The SMILES string of the molecule is COc1cccc(OC(C)(C)C(=O)NC2[C@@H]3CC4C[C@H]2CC(O)(C4)C3)c1. The molecule has 0 saturated heterocycles. The van der Waals surface area contributed by atoms with Crippen molar-refractivity contribution in [3.05, 3.63) is 24.3 Å². The van der Waals surface area contributed by atoms with E-state index in [-0.39, 0.29) is 11.9 Å². The summed E-state index contributed by atoms with van der Waals surface area (Å²) >= 11 is 0. The van der Waals surface area contributed by atoms with Crippen molar-refractivity contribution in [2.75, 3.05) is 7.11 Å². The van der Waals surface area contributed by atoms with Crippen LogP contribution < -0.4 is 14.8 Å². The summed E-state index contributed by atoms with van der Waals surface area (Å²) in [5, 5.41) is 14.0. The van der Waals surface area contributed by atoms with Gasteiger partial charge in [-0.1, -0.05) is 6.07 Å². The summed E-state index contributed by atoms with van der Waals surface area (Å²) in [6.07, 6.45) is 4.84. The Hall–Kier alpha value is -1.75. The molecule has 4 aliphatic carbocycles. The lowest BCUT2D eigenvalue weighted by Gasteiger charge is -2.58. The largest absolute Gasteiger partial charge is 0.497 e. The fraction of sp³-hybridized carbons (Fsp3) is 0.667. The van der Waals surface area contributed by atoms with Gasteiger partial charge in [0.05, 0.1) is 12.7 Å². The van der Waals surface area contributed by atoms with Gasteiger partial charge in [-0.2, -0.15) is 0 Å². The van der Waals surface area contributed by atoms with Crippen LogP contribution in [-0.2, 0) is 4.79 Å². The molecular formula is C21H29NO4. The third-order valence-electron chi connectivity index (χ3n) is 6.50. The van der Waals surface area contributed by atoms with Crippen molar-refractivity contribution in [2.45, 2.75) is 63.2 Å². The second-order valence-electron chi connectivity index (χ2n) is 8.98. The highest BCUT2D eigenvalue weighted by atomic mass is 16.5. The van der Waals surface area contributed by atoms with Gasteiger partial charge in [0.1, 0.15) is 11.5 Å². The maximum atomic E-state index is 13.0. The van der Waals surface area contributed by atoms with E-state index in [1.807, 2.05) is 18.2 Å². The molecule has 5 nitrogen and oxygen atoms in total. The average Bonchev–Trinajstić information content (AvgIpc) is 2.56. The van der Waals surface area contributed by atoms with E-state index in [2.05, 4.69) is 5.32 Å². The lowest BCUT2D eigenvalue weighted by molar-refractivity contribution is -0.152. The van der Waals surface area contributed by atoms with Gasteiger partial charge in [-0.25, -0.2) is 0 Å². The molecular weight excluding hydrogens is 330 g/mol. The lowest BCUT2D eigenvalue weighted by Crippen LogP contribution is -2.63. The Bertz CT molecular complexity index is 685. The molecule has 26 heavy (non-hydrogen) atoms. The molecule has 5 heteroatoms. The van der Waals surface area contributed by atoms with Crippen molar-refractivity contribution in [3.63, 3.8) is 0 Å². The topological polar surface area (TPSA) is 67.8 Å². The highest BCUT2D eigenvalue weighted by Crippen LogP contribution is 2.55. The third-order valence-corrected chi connectivity index (χ3v) is 6.50. The zero-order valence-corrected chi connectivity index (χ0v) is 15.8. The Morgan fingerprint density at radius 3 is 2.46 bits per heavy atom. The van der Waals surface area contributed by atoms with E-state index in [9.17, 15) is 9.90 Å². The second kappa shape index (κ2) is 6.15. The molecule has 0 radical (unpaired) electrons. The van der Waals surface area contributed by atoms with Gasteiger partial charge >= 0.3 is 0 Å². The van der Waals surface area contributed by atoms with Gasteiger partial charge in [-0.3, -0.25) is 4.79 Å². The van der Waals surface area contributed by atoms with E-state index < -0.39 is 11.2 Å². The van der Waals surface area contributed by atoms with Gasteiger partial charge in [-0.05, 0) is 75.8 Å². The first-order chi connectivity index (χ1) is 12.3. The van der Waals surface area contributed by atoms with Crippen LogP contribution in [-0.4, -0.2) is 35.4 Å². The first-order valence-electron chi connectivity index (χ1n) is 9.64. The summed E-state index contributed by atoms with van der Waals surface area (Å²) in [4.78, 5) is 13.0. The molecule has 4 fully saturated rings. The molecule has 4 saturated carbocycles. The van der Waals surface area contributed by atoms with Crippen LogP contribution in [0.5, 0.6) is 11.5 Å². The summed E-state index contributed by atoms with van der Waals surface area (Å²) in [6, 6.07) is 7.47. The predicted molar refractivity (Wildman–Crippen MR) is 98.1 cm³/mol. The third kappa shape index (κ3) is 3.18. The Morgan fingerprint density at radius 1 is 1.19 bits per heavy atom. The fourth-order valence-corrected chi connectivity index (χ4v) is 5.55. The van der Waals surface area contributed by atoms with Crippen molar-refractivity contribution >= 4 is 5.91 Å². The van der Waals surface area contributed by atoms with E-state index in [1.54, 1.807) is 27.0 Å². The molecule has 1 aromatic rings. The van der Waals surface area contributed by atoms with E-state index in [1.165, 1.54) is 0 Å².